The number of anilines is 1. The number of thioether (sulfide) groups is 1. The summed E-state index contributed by atoms with van der Waals surface area (Å²) in [6, 6.07) is 5.04. The van der Waals surface area contributed by atoms with Gasteiger partial charge in [-0.05, 0) is 31.1 Å². The summed E-state index contributed by atoms with van der Waals surface area (Å²) >= 11 is 7.24. The van der Waals surface area contributed by atoms with E-state index in [2.05, 4.69) is 10.00 Å². The highest BCUT2D eigenvalue weighted by molar-refractivity contribution is 7.99. The molecule has 2 heterocycles. The number of nitro groups is 1. The van der Waals surface area contributed by atoms with Gasteiger partial charge in [0.25, 0.3) is 5.69 Å². The second kappa shape index (κ2) is 5.89. The molecule has 0 saturated heterocycles. The smallest absolute Gasteiger partial charge is 0.271 e. The van der Waals surface area contributed by atoms with Gasteiger partial charge >= 0.3 is 0 Å². The lowest BCUT2D eigenvalue weighted by Crippen LogP contribution is -2.32. The molecule has 1 aliphatic heterocycles. The first-order valence-corrected chi connectivity index (χ1v) is 9.24. The first-order chi connectivity index (χ1) is 11.5. The highest BCUT2D eigenvalue weighted by atomic mass is 32.2. The zero-order valence-corrected chi connectivity index (χ0v) is 14.8. The number of aromatic nitrogens is 3. The molecule has 0 spiro atoms. The van der Waals surface area contributed by atoms with E-state index < -0.39 is 0 Å². The predicted octanol–water partition coefficient (Wildman–Crippen LogP) is 3.31. The quantitative estimate of drug-likeness (QED) is 0.472. The van der Waals surface area contributed by atoms with E-state index in [0.29, 0.717) is 17.4 Å². The molecular formula is C15H17N5O2S2. The molecule has 0 bridgehead atoms. The highest BCUT2D eigenvalue weighted by Crippen LogP contribution is 2.39. The van der Waals surface area contributed by atoms with Crippen molar-refractivity contribution in [1.82, 2.24) is 14.3 Å². The fourth-order valence-corrected chi connectivity index (χ4v) is 4.20. The van der Waals surface area contributed by atoms with Gasteiger partial charge in [0.05, 0.1) is 10.6 Å². The Labute approximate surface area is 148 Å². The Hall–Kier alpha value is -1.87. The molecule has 1 aliphatic carbocycles. The fourth-order valence-electron chi connectivity index (χ4n) is 2.98. The normalized spacial score (nSPS) is 17.0. The molecule has 4 rings (SSSR count). The molecule has 1 aromatic heterocycles. The van der Waals surface area contributed by atoms with Crippen molar-refractivity contribution in [3.05, 3.63) is 38.9 Å². The third-order valence-electron chi connectivity index (χ3n) is 4.43. The van der Waals surface area contributed by atoms with E-state index in [9.17, 15) is 10.1 Å². The molecule has 24 heavy (non-hydrogen) atoms. The van der Waals surface area contributed by atoms with E-state index >= 15 is 0 Å². The molecule has 0 amide bonds. The van der Waals surface area contributed by atoms with Crippen molar-refractivity contribution in [2.75, 3.05) is 17.2 Å². The molecule has 9 heteroatoms. The van der Waals surface area contributed by atoms with Crippen molar-refractivity contribution in [3.63, 3.8) is 0 Å². The third kappa shape index (κ3) is 2.71. The first-order valence-electron chi connectivity index (χ1n) is 7.84. The van der Waals surface area contributed by atoms with Gasteiger partial charge < -0.3 is 9.47 Å². The Balaban J connectivity index is 1.67. The van der Waals surface area contributed by atoms with Crippen molar-refractivity contribution in [2.45, 2.75) is 30.3 Å². The van der Waals surface area contributed by atoms with Gasteiger partial charge in [-0.2, -0.15) is 5.10 Å². The number of benzene rings is 1. The van der Waals surface area contributed by atoms with Crippen LogP contribution in [0.2, 0.25) is 0 Å². The lowest BCUT2D eigenvalue weighted by molar-refractivity contribution is -0.384. The van der Waals surface area contributed by atoms with E-state index in [0.717, 1.165) is 28.7 Å². The second-order valence-electron chi connectivity index (χ2n) is 6.14. The van der Waals surface area contributed by atoms with Crippen LogP contribution in [-0.4, -0.2) is 31.6 Å². The Morgan fingerprint density at radius 3 is 2.96 bits per heavy atom. The molecule has 0 N–H and O–H groups in total. The van der Waals surface area contributed by atoms with Crippen LogP contribution in [0.5, 0.6) is 0 Å². The van der Waals surface area contributed by atoms with Crippen molar-refractivity contribution < 1.29 is 4.92 Å². The van der Waals surface area contributed by atoms with E-state index in [4.69, 9.17) is 12.2 Å². The molecule has 1 fully saturated rings. The second-order valence-corrected chi connectivity index (χ2v) is 7.64. The molecule has 2 aromatic rings. The third-order valence-corrected chi connectivity index (χ3v) is 5.96. The van der Waals surface area contributed by atoms with Crippen molar-refractivity contribution in [3.8, 4) is 0 Å². The minimum Gasteiger partial charge on any atom is -0.350 e. The van der Waals surface area contributed by atoms with Gasteiger partial charge in [0.1, 0.15) is 12.5 Å². The Morgan fingerprint density at radius 2 is 2.25 bits per heavy atom. The van der Waals surface area contributed by atoms with Gasteiger partial charge in [0.2, 0.25) is 0 Å². The maximum atomic E-state index is 11.1. The first kappa shape index (κ1) is 15.6. The Bertz CT molecular complexity index is 871. The molecule has 0 atom stereocenters. The minimum absolute atomic E-state index is 0.115. The van der Waals surface area contributed by atoms with Crippen LogP contribution in [0, 0.1) is 14.9 Å². The van der Waals surface area contributed by atoms with Gasteiger partial charge in [0.15, 0.2) is 4.77 Å². The number of hydrogen-bond acceptors (Lipinski definition) is 6. The molecule has 1 aromatic carbocycles. The van der Waals surface area contributed by atoms with Crippen LogP contribution in [-0.2, 0) is 13.7 Å². The molecule has 0 radical (unpaired) electrons. The molecular weight excluding hydrogens is 346 g/mol. The standard InChI is InChI=1S/C15H17N5O2S2/c1-17-14(10-2-3-10)16-19(15(17)23)9-18-6-7-24-13-5-4-11(20(21)22)8-12(13)18/h4-5,8,10H,2-3,6-7,9H2,1H3. The molecule has 0 unspecified atom stereocenters. The molecule has 1 saturated carbocycles. The zero-order chi connectivity index (χ0) is 16.8. The summed E-state index contributed by atoms with van der Waals surface area (Å²) in [5.41, 5.74) is 1.01. The summed E-state index contributed by atoms with van der Waals surface area (Å²) in [6.45, 7) is 1.34. The average molecular weight is 363 g/mol. The summed E-state index contributed by atoms with van der Waals surface area (Å²) in [7, 11) is 1.96. The number of non-ortho nitro benzene ring substituents is 1. The highest BCUT2D eigenvalue weighted by Gasteiger charge is 2.29. The van der Waals surface area contributed by atoms with Crippen LogP contribution in [0.25, 0.3) is 0 Å². The van der Waals surface area contributed by atoms with Gasteiger partial charge in [-0.3, -0.25) is 10.1 Å². The van der Waals surface area contributed by atoms with Crippen LogP contribution >= 0.6 is 24.0 Å². The number of rotatable bonds is 4. The van der Waals surface area contributed by atoms with Gasteiger partial charge in [0, 0.05) is 42.3 Å². The summed E-state index contributed by atoms with van der Waals surface area (Å²) in [4.78, 5) is 13.9. The van der Waals surface area contributed by atoms with Crippen LogP contribution in [0.1, 0.15) is 24.6 Å². The number of fused-ring (bicyclic) bond motifs is 1. The average Bonchev–Trinajstić information content (AvgIpc) is 3.37. The Kier molecular flexibility index (Phi) is 3.84. The SMILES string of the molecule is Cn1c(C2CC2)nn(CN2CCSc3ccc([N+](=O)[O-])cc32)c1=S. The Morgan fingerprint density at radius 1 is 1.46 bits per heavy atom. The maximum Gasteiger partial charge on any atom is 0.271 e. The maximum absolute atomic E-state index is 11.1. The monoisotopic (exact) mass is 363 g/mol. The minimum atomic E-state index is -0.352. The van der Waals surface area contributed by atoms with Crippen LogP contribution in [0.15, 0.2) is 23.1 Å². The van der Waals surface area contributed by atoms with Gasteiger partial charge in [-0.15, -0.1) is 11.8 Å². The van der Waals surface area contributed by atoms with E-state index in [-0.39, 0.29) is 10.6 Å². The van der Waals surface area contributed by atoms with Crippen LogP contribution < -0.4 is 4.90 Å². The number of nitrogens with zero attached hydrogens (tertiary/aromatic N) is 5. The molecule has 7 nitrogen and oxygen atoms in total. The van der Waals surface area contributed by atoms with Crippen LogP contribution in [0.4, 0.5) is 11.4 Å². The lowest BCUT2D eigenvalue weighted by atomic mass is 10.2. The van der Waals surface area contributed by atoms with Gasteiger partial charge in [-0.1, -0.05) is 0 Å². The van der Waals surface area contributed by atoms with Crippen molar-refractivity contribution >= 4 is 35.4 Å². The van der Waals surface area contributed by atoms with Crippen molar-refractivity contribution in [2.24, 2.45) is 7.05 Å². The van der Waals surface area contributed by atoms with E-state index in [1.807, 2.05) is 22.4 Å². The lowest BCUT2D eigenvalue weighted by Gasteiger charge is -2.30. The summed E-state index contributed by atoms with van der Waals surface area (Å²) < 4.78 is 4.52. The topological polar surface area (TPSA) is 69.1 Å². The van der Waals surface area contributed by atoms with Crippen LogP contribution in [0.3, 0.4) is 0 Å². The van der Waals surface area contributed by atoms with E-state index in [1.54, 1.807) is 23.9 Å². The van der Waals surface area contributed by atoms with Crippen molar-refractivity contribution in [1.29, 1.82) is 0 Å². The van der Waals surface area contributed by atoms with Gasteiger partial charge in [-0.25, -0.2) is 4.68 Å². The largest absolute Gasteiger partial charge is 0.350 e. The fraction of sp³-hybridized carbons (Fsp3) is 0.467. The zero-order valence-electron chi connectivity index (χ0n) is 13.2. The summed E-state index contributed by atoms with van der Waals surface area (Å²) in [5, 5.41) is 15.8. The summed E-state index contributed by atoms with van der Waals surface area (Å²) in [5.74, 6) is 2.52. The molecule has 126 valence electrons. The number of hydrogen-bond donors (Lipinski definition) is 0. The summed E-state index contributed by atoms with van der Waals surface area (Å²) in [6.07, 6.45) is 2.35. The number of nitro benzene ring substituents is 1. The van der Waals surface area contributed by atoms with E-state index in [1.165, 1.54) is 12.8 Å². The predicted molar refractivity (Wildman–Crippen MR) is 95.2 cm³/mol. The molecule has 2 aliphatic rings.